The number of rotatable bonds is 7. The zero-order valence-electron chi connectivity index (χ0n) is 15.6. The second kappa shape index (κ2) is 9.31. The van der Waals surface area contributed by atoms with E-state index < -0.39 is 5.97 Å². The average molecular weight is 364 g/mol. The number of hydrogen-bond donors (Lipinski definition) is 3. The van der Waals surface area contributed by atoms with E-state index in [9.17, 15) is 9.59 Å². The molecule has 0 spiro atoms. The van der Waals surface area contributed by atoms with Gasteiger partial charge in [0, 0.05) is 12.1 Å². The second-order valence-electron chi connectivity index (χ2n) is 6.80. The fourth-order valence-corrected chi connectivity index (χ4v) is 3.35. The average Bonchev–Trinajstić information content (AvgIpc) is 2.61. The fourth-order valence-electron chi connectivity index (χ4n) is 3.35. The summed E-state index contributed by atoms with van der Waals surface area (Å²) in [5, 5.41) is 14.9. The van der Waals surface area contributed by atoms with Gasteiger partial charge in [0.15, 0.2) is 11.5 Å². The first-order valence-electron chi connectivity index (χ1n) is 8.93. The Balaban J connectivity index is 1.79. The molecule has 0 bridgehead atoms. The van der Waals surface area contributed by atoms with Gasteiger partial charge in [-0.05, 0) is 56.7 Å². The zero-order chi connectivity index (χ0) is 19.1. The maximum atomic E-state index is 12.2. The van der Waals surface area contributed by atoms with Gasteiger partial charge in [-0.25, -0.2) is 4.79 Å². The Morgan fingerprint density at radius 3 is 2.38 bits per heavy atom. The molecule has 2 rings (SSSR count). The van der Waals surface area contributed by atoms with Crippen molar-refractivity contribution >= 4 is 12.0 Å². The third-order valence-corrected chi connectivity index (χ3v) is 4.78. The van der Waals surface area contributed by atoms with E-state index in [2.05, 4.69) is 10.6 Å². The van der Waals surface area contributed by atoms with Crippen molar-refractivity contribution in [3.05, 3.63) is 23.8 Å². The van der Waals surface area contributed by atoms with Gasteiger partial charge < -0.3 is 25.2 Å². The molecule has 1 atom stereocenters. The second-order valence-corrected chi connectivity index (χ2v) is 6.80. The topological polar surface area (TPSA) is 96.9 Å². The lowest BCUT2D eigenvalue weighted by Crippen LogP contribution is -2.47. The summed E-state index contributed by atoms with van der Waals surface area (Å²) < 4.78 is 10.5. The number of carbonyl (C=O) groups excluding carboxylic acids is 1. The molecule has 1 unspecified atom stereocenters. The van der Waals surface area contributed by atoms with Gasteiger partial charge in [0.25, 0.3) is 0 Å². The Morgan fingerprint density at radius 1 is 1.15 bits per heavy atom. The first-order valence-corrected chi connectivity index (χ1v) is 8.93. The van der Waals surface area contributed by atoms with Crippen molar-refractivity contribution in [2.24, 2.45) is 5.92 Å². The molecule has 1 aromatic carbocycles. The van der Waals surface area contributed by atoms with Crippen LogP contribution in [0.1, 0.15) is 38.2 Å². The van der Waals surface area contributed by atoms with Crippen molar-refractivity contribution in [3.8, 4) is 11.5 Å². The predicted molar refractivity (Wildman–Crippen MR) is 97.8 cm³/mol. The Kier molecular flexibility index (Phi) is 7.12. The van der Waals surface area contributed by atoms with E-state index >= 15 is 0 Å². The van der Waals surface area contributed by atoms with E-state index in [1.54, 1.807) is 14.2 Å². The van der Waals surface area contributed by atoms with Gasteiger partial charge in [-0.2, -0.15) is 0 Å². The summed E-state index contributed by atoms with van der Waals surface area (Å²) >= 11 is 0. The summed E-state index contributed by atoms with van der Waals surface area (Å²) in [7, 11) is 3.19. The van der Waals surface area contributed by atoms with Gasteiger partial charge in [-0.15, -0.1) is 0 Å². The highest BCUT2D eigenvalue weighted by Gasteiger charge is 2.26. The van der Waals surface area contributed by atoms with Crippen molar-refractivity contribution in [3.63, 3.8) is 0 Å². The molecule has 26 heavy (non-hydrogen) atoms. The Morgan fingerprint density at radius 2 is 1.81 bits per heavy atom. The maximum Gasteiger partial charge on any atom is 0.315 e. The van der Waals surface area contributed by atoms with Gasteiger partial charge in [-0.3, -0.25) is 4.79 Å². The number of amides is 2. The molecule has 7 nitrogen and oxygen atoms in total. The summed E-state index contributed by atoms with van der Waals surface area (Å²) in [4.78, 5) is 23.1. The third-order valence-electron chi connectivity index (χ3n) is 4.78. The van der Waals surface area contributed by atoms with Gasteiger partial charge in [0.2, 0.25) is 0 Å². The number of urea groups is 1. The molecule has 0 aliphatic heterocycles. The molecule has 1 aromatic rings. The summed E-state index contributed by atoms with van der Waals surface area (Å²) in [5.41, 5.74) is 1.04. The quantitative estimate of drug-likeness (QED) is 0.691. The van der Waals surface area contributed by atoms with Gasteiger partial charge in [0.1, 0.15) is 0 Å². The Hall–Kier alpha value is -2.44. The lowest BCUT2D eigenvalue weighted by atomic mass is 9.86. The summed E-state index contributed by atoms with van der Waals surface area (Å²) in [6, 6.07) is 5.48. The molecule has 144 valence electrons. The van der Waals surface area contributed by atoms with Crippen molar-refractivity contribution in [2.75, 3.05) is 14.2 Å². The molecular formula is C19H28N2O5. The lowest BCUT2D eigenvalue weighted by molar-refractivity contribution is -0.142. The number of benzene rings is 1. The highest BCUT2D eigenvalue weighted by atomic mass is 16.5. The van der Waals surface area contributed by atoms with Crippen LogP contribution >= 0.6 is 0 Å². The Bertz CT molecular complexity index is 626. The van der Waals surface area contributed by atoms with Crippen LogP contribution in [0.5, 0.6) is 11.5 Å². The van der Waals surface area contributed by atoms with Crippen molar-refractivity contribution in [1.82, 2.24) is 10.6 Å². The van der Waals surface area contributed by atoms with E-state index in [4.69, 9.17) is 14.6 Å². The first kappa shape index (κ1) is 19.9. The highest BCUT2D eigenvalue weighted by molar-refractivity contribution is 5.74. The molecular weight excluding hydrogens is 336 g/mol. The smallest absolute Gasteiger partial charge is 0.315 e. The number of methoxy groups -OCH3 is 2. The summed E-state index contributed by atoms with van der Waals surface area (Å²) in [6.45, 7) is 1.94. The summed E-state index contributed by atoms with van der Waals surface area (Å²) in [5.74, 6) is 0.319. The van der Waals surface area contributed by atoms with Crippen LogP contribution in [0.2, 0.25) is 0 Å². The van der Waals surface area contributed by atoms with Crippen LogP contribution in [0.4, 0.5) is 4.79 Å². The maximum absolute atomic E-state index is 12.2. The molecule has 0 heterocycles. The van der Waals surface area contributed by atoms with Crippen LogP contribution in [-0.4, -0.2) is 43.4 Å². The van der Waals surface area contributed by atoms with Gasteiger partial charge in [-0.1, -0.05) is 6.07 Å². The van der Waals surface area contributed by atoms with Gasteiger partial charge in [0.05, 0.1) is 20.1 Å². The predicted octanol–water partition coefficient (Wildman–Crippen LogP) is 2.58. The monoisotopic (exact) mass is 364 g/mol. The summed E-state index contributed by atoms with van der Waals surface area (Å²) in [6.07, 6.45) is 3.30. The van der Waals surface area contributed by atoms with E-state index in [0.29, 0.717) is 43.6 Å². The number of carboxylic acid groups (broad SMARTS) is 1. The number of hydrogen-bond acceptors (Lipinski definition) is 4. The fraction of sp³-hybridized carbons (Fsp3) is 0.579. The zero-order valence-corrected chi connectivity index (χ0v) is 15.6. The number of ether oxygens (including phenoxy) is 2. The molecule has 0 saturated heterocycles. The van der Waals surface area contributed by atoms with Crippen molar-refractivity contribution < 1.29 is 24.2 Å². The molecule has 1 aliphatic carbocycles. The van der Waals surface area contributed by atoms with Gasteiger partial charge >= 0.3 is 12.0 Å². The molecule has 2 amide bonds. The van der Waals surface area contributed by atoms with Crippen LogP contribution in [0.3, 0.4) is 0 Å². The minimum atomic E-state index is -0.739. The number of aliphatic carboxylic acids is 1. The number of nitrogens with one attached hydrogen (secondary N) is 2. The molecule has 0 aromatic heterocycles. The van der Waals surface area contributed by atoms with Crippen LogP contribution in [0.25, 0.3) is 0 Å². The lowest BCUT2D eigenvalue weighted by Gasteiger charge is -2.27. The van der Waals surface area contributed by atoms with Crippen molar-refractivity contribution in [1.29, 1.82) is 0 Å². The first-order chi connectivity index (χ1) is 12.4. The van der Waals surface area contributed by atoms with Crippen molar-refractivity contribution in [2.45, 2.75) is 51.1 Å². The molecule has 7 heteroatoms. The largest absolute Gasteiger partial charge is 0.493 e. The SMILES string of the molecule is COc1ccc(CC(C)NC(=O)NC2CCC(C(=O)O)CC2)cc1OC. The Labute approximate surface area is 154 Å². The van der Waals surface area contributed by atoms with Crippen LogP contribution in [0, 0.1) is 5.92 Å². The van der Waals surface area contributed by atoms with Crippen LogP contribution in [-0.2, 0) is 11.2 Å². The van der Waals surface area contributed by atoms with Crippen LogP contribution < -0.4 is 20.1 Å². The third kappa shape index (κ3) is 5.54. The van der Waals surface area contributed by atoms with E-state index in [0.717, 1.165) is 5.56 Å². The van der Waals surface area contributed by atoms with E-state index in [1.807, 2.05) is 25.1 Å². The minimum Gasteiger partial charge on any atom is -0.493 e. The number of carbonyl (C=O) groups is 2. The molecule has 3 N–H and O–H groups in total. The molecule has 1 saturated carbocycles. The molecule has 0 radical (unpaired) electrons. The van der Waals surface area contributed by atoms with E-state index in [-0.39, 0.29) is 24.0 Å². The number of carboxylic acids is 1. The van der Waals surface area contributed by atoms with Crippen LogP contribution in [0.15, 0.2) is 18.2 Å². The van der Waals surface area contributed by atoms with E-state index in [1.165, 1.54) is 0 Å². The molecule has 1 aliphatic rings. The molecule has 1 fully saturated rings. The minimum absolute atomic E-state index is 0.0406. The normalized spacial score (nSPS) is 20.7. The highest BCUT2D eigenvalue weighted by Crippen LogP contribution is 2.28. The standard InChI is InChI=1S/C19H28N2O5/c1-12(10-13-4-9-16(25-2)17(11-13)26-3)20-19(24)21-15-7-5-14(6-8-15)18(22)23/h4,9,11-12,14-15H,5-8,10H2,1-3H3,(H,22,23)(H2,20,21,24).